The average molecular weight is 268 g/mol. The molecular weight excluding hydrogens is 254 g/mol. The number of alkyl halides is 2. The maximum atomic E-state index is 13.6. The second kappa shape index (κ2) is 4.53. The van der Waals surface area contributed by atoms with Gasteiger partial charge < -0.3 is 15.0 Å². The van der Waals surface area contributed by atoms with Gasteiger partial charge in [0.15, 0.2) is 11.6 Å². The van der Waals surface area contributed by atoms with Crippen LogP contribution in [0.25, 0.3) is 11.3 Å². The smallest absolute Gasteiger partial charge is 0.274 e. The van der Waals surface area contributed by atoms with Crippen molar-refractivity contribution in [2.24, 2.45) is 0 Å². The van der Waals surface area contributed by atoms with Crippen LogP contribution in [0.2, 0.25) is 0 Å². The number of benzene rings is 1. The van der Waals surface area contributed by atoms with Gasteiger partial charge in [0, 0.05) is 13.0 Å². The topological polar surface area (TPSA) is 61.3 Å². The molecule has 1 aromatic carbocycles. The fraction of sp³-hybridized carbons (Fsp3) is 0.308. The molecule has 0 saturated heterocycles. The van der Waals surface area contributed by atoms with Crippen LogP contribution in [0.15, 0.2) is 22.7 Å². The second-order valence-corrected chi connectivity index (χ2v) is 4.40. The minimum absolute atomic E-state index is 0.0641. The molecule has 1 aromatic heterocycles. The van der Waals surface area contributed by atoms with Crippen molar-refractivity contribution in [3.8, 4) is 17.1 Å². The molecule has 0 saturated carbocycles. The van der Waals surface area contributed by atoms with Gasteiger partial charge in [0.25, 0.3) is 5.92 Å². The molecule has 0 aliphatic carbocycles. The van der Waals surface area contributed by atoms with E-state index in [9.17, 15) is 8.78 Å². The molecule has 6 heteroatoms. The third-order valence-electron chi connectivity index (χ3n) is 2.70. The minimum atomic E-state index is -3.02. The minimum Gasteiger partial charge on any atom is -0.495 e. The lowest BCUT2D eigenvalue weighted by molar-refractivity contribution is 0.0151. The van der Waals surface area contributed by atoms with Gasteiger partial charge in [-0.2, -0.15) is 0 Å². The zero-order valence-electron chi connectivity index (χ0n) is 10.8. The summed E-state index contributed by atoms with van der Waals surface area (Å²) in [7, 11) is 1.34. The molecule has 2 rings (SSSR count). The van der Waals surface area contributed by atoms with Gasteiger partial charge in [-0.3, -0.25) is 0 Å². The van der Waals surface area contributed by atoms with E-state index in [0.717, 1.165) is 6.92 Å². The van der Waals surface area contributed by atoms with Crippen LogP contribution < -0.4 is 10.5 Å². The SMILES string of the molecule is COc1c(-c2cc(N)no2)cc(C)cc1C(C)(F)F. The lowest BCUT2D eigenvalue weighted by Crippen LogP contribution is -2.10. The van der Waals surface area contributed by atoms with E-state index in [4.69, 9.17) is 15.0 Å². The highest BCUT2D eigenvalue weighted by atomic mass is 19.3. The van der Waals surface area contributed by atoms with E-state index in [2.05, 4.69) is 5.16 Å². The summed E-state index contributed by atoms with van der Waals surface area (Å²) in [4.78, 5) is 0. The molecular formula is C13H14F2N2O2. The standard InChI is InChI=1S/C13H14F2N2O2/c1-7-4-8(10-6-11(16)17-19-10)12(18-3)9(5-7)13(2,14)15/h4-6H,1-3H3,(H2,16,17). The fourth-order valence-electron chi connectivity index (χ4n) is 1.92. The summed E-state index contributed by atoms with van der Waals surface area (Å²) in [5, 5.41) is 3.55. The number of aromatic nitrogens is 1. The third kappa shape index (κ3) is 2.52. The number of anilines is 1. The number of hydrogen-bond donors (Lipinski definition) is 1. The lowest BCUT2D eigenvalue weighted by Gasteiger charge is -2.18. The zero-order valence-corrected chi connectivity index (χ0v) is 10.8. The van der Waals surface area contributed by atoms with Crippen LogP contribution in [0.1, 0.15) is 18.1 Å². The molecule has 2 aromatic rings. The van der Waals surface area contributed by atoms with Crippen LogP contribution in [0.5, 0.6) is 5.75 Å². The highest BCUT2D eigenvalue weighted by Gasteiger charge is 2.31. The van der Waals surface area contributed by atoms with Crippen LogP contribution in [0, 0.1) is 6.92 Å². The quantitative estimate of drug-likeness (QED) is 0.927. The summed E-state index contributed by atoms with van der Waals surface area (Å²) in [6.45, 7) is 2.54. The van der Waals surface area contributed by atoms with Crippen molar-refractivity contribution in [1.82, 2.24) is 5.16 Å². The normalized spacial score (nSPS) is 11.6. The van der Waals surface area contributed by atoms with Gasteiger partial charge in [-0.05, 0) is 24.6 Å². The zero-order chi connectivity index (χ0) is 14.2. The Balaban J connectivity index is 2.70. The van der Waals surface area contributed by atoms with Crippen molar-refractivity contribution in [3.05, 3.63) is 29.3 Å². The predicted molar refractivity (Wildman–Crippen MR) is 67.2 cm³/mol. The second-order valence-electron chi connectivity index (χ2n) is 4.40. The summed E-state index contributed by atoms with van der Waals surface area (Å²) in [6, 6.07) is 4.55. The number of aryl methyl sites for hydroxylation is 1. The van der Waals surface area contributed by atoms with Gasteiger partial charge in [0.2, 0.25) is 0 Å². The van der Waals surface area contributed by atoms with Gasteiger partial charge in [0.1, 0.15) is 5.75 Å². The van der Waals surface area contributed by atoms with Crippen molar-refractivity contribution >= 4 is 5.82 Å². The van der Waals surface area contributed by atoms with Crippen molar-refractivity contribution in [1.29, 1.82) is 0 Å². The number of rotatable bonds is 3. The van der Waals surface area contributed by atoms with E-state index in [-0.39, 0.29) is 17.1 Å². The van der Waals surface area contributed by atoms with Crippen molar-refractivity contribution < 1.29 is 18.0 Å². The number of halogens is 2. The van der Waals surface area contributed by atoms with Gasteiger partial charge >= 0.3 is 0 Å². The molecule has 0 aliphatic heterocycles. The number of methoxy groups -OCH3 is 1. The maximum absolute atomic E-state index is 13.6. The Kier molecular flexibility index (Phi) is 3.18. The van der Waals surface area contributed by atoms with Gasteiger partial charge in [-0.1, -0.05) is 5.16 Å². The van der Waals surface area contributed by atoms with E-state index in [0.29, 0.717) is 16.9 Å². The number of ether oxygens (including phenoxy) is 1. The Labute approximate surface area is 109 Å². The van der Waals surface area contributed by atoms with Gasteiger partial charge in [0.05, 0.1) is 18.2 Å². The average Bonchev–Trinajstić information content (AvgIpc) is 2.73. The van der Waals surface area contributed by atoms with Crippen LogP contribution >= 0.6 is 0 Å². The van der Waals surface area contributed by atoms with E-state index in [1.165, 1.54) is 19.2 Å². The van der Waals surface area contributed by atoms with Crippen LogP contribution in [0.3, 0.4) is 0 Å². The first-order chi connectivity index (χ1) is 8.82. The molecule has 4 nitrogen and oxygen atoms in total. The third-order valence-corrected chi connectivity index (χ3v) is 2.70. The summed E-state index contributed by atoms with van der Waals surface area (Å²) < 4.78 is 37.4. The van der Waals surface area contributed by atoms with Gasteiger partial charge in [-0.15, -0.1) is 0 Å². The highest BCUT2D eigenvalue weighted by molar-refractivity contribution is 5.71. The monoisotopic (exact) mass is 268 g/mol. The van der Waals surface area contributed by atoms with Crippen molar-refractivity contribution in [2.45, 2.75) is 19.8 Å². The summed E-state index contributed by atoms with van der Waals surface area (Å²) in [5.41, 5.74) is 6.36. The van der Waals surface area contributed by atoms with Crippen LogP contribution in [-0.4, -0.2) is 12.3 Å². The van der Waals surface area contributed by atoms with Crippen molar-refractivity contribution in [2.75, 3.05) is 12.8 Å². The van der Waals surface area contributed by atoms with E-state index in [1.807, 2.05) is 0 Å². The lowest BCUT2D eigenvalue weighted by atomic mass is 9.99. The first kappa shape index (κ1) is 13.3. The number of nitrogens with zero attached hydrogens (tertiary/aromatic N) is 1. The first-order valence-corrected chi connectivity index (χ1v) is 5.62. The summed E-state index contributed by atoms with van der Waals surface area (Å²) in [5.74, 6) is -2.47. The van der Waals surface area contributed by atoms with Gasteiger partial charge in [-0.25, -0.2) is 8.78 Å². The number of hydrogen-bond acceptors (Lipinski definition) is 4. The Morgan fingerprint density at radius 1 is 1.32 bits per heavy atom. The fourth-order valence-corrected chi connectivity index (χ4v) is 1.92. The van der Waals surface area contributed by atoms with Crippen molar-refractivity contribution in [3.63, 3.8) is 0 Å². The summed E-state index contributed by atoms with van der Waals surface area (Å²) >= 11 is 0. The summed E-state index contributed by atoms with van der Waals surface area (Å²) in [6.07, 6.45) is 0. The molecule has 2 N–H and O–H groups in total. The predicted octanol–water partition coefficient (Wildman–Crippen LogP) is 3.35. The Morgan fingerprint density at radius 3 is 2.47 bits per heavy atom. The molecule has 102 valence electrons. The molecule has 0 amide bonds. The van der Waals surface area contributed by atoms with Crippen LogP contribution in [0.4, 0.5) is 14.6 Å². The largest absolute Gasteiger partial charge is 0.495 e. The molecule has 19 heavy (non-hydrogen) atoms. The molecule has 0 unspecified atom stereocenters. The van der Waals surface area contributed by atoms with E-state index >= 15 is 0 Å². The van der Waals surface area contributed by atoms with E-state index in [1.54, 1.807) is 13.0 Å². The molecule has 1 heterocycles. The highest BCUT2D eigenvalue weighted by Crippen LogP contribution is 2.42. The molecule has 0 radical (unpaired) electrons. The molecule has 0 fully saturated rings. The molecule has 0 atom stereocenters. The van der Waals surface area contributed by atoms with Crippen LogP contribution in [-0.2, 0) is 5.92 Å². The Hall–Kier alpha value is -2.11. The first-order valence-electron chi connectivity index (χ1n) is 5.62. The molecule has 0 bridgehead atoms. The Bertz CT molecular complexity index is 603. The maximum Gasteiger partial charge on any atom is 0.274 e. The molecule has 0 aliphatic rings. The number of nitrogens with two attached hydrogens (primary N) is 1. The Morgan fingerprint density at radius 2 is 2.00 bits per heavy atom. The van der Waals surface area contributed by atoms with E-state index < -0.39 is 5.92 Å². The number of nitrogen functional groups attached to an aromatic ring is 1. The molecule has 0 spiro atoms.